The maximum atomic E-state index is 11.9. The number of rotatable bonds is 1. The Morgan fingerprint density at radius 3 is 3.07 bits per heavy atom. The summed E-state index contributed by atoms with van der Waals surface area (Å²) in [4.78, 5) is 12.8. The first kappa shape index (κ1) is 10.1. The third-order valence-corrected chi connectivity index (χ3v) is 4.44. The van der Waals surface area contributed by atoms with Gasteiger partial charge >= 0.3 is 0 Å². The molecule has 0 aliphatic carbocycles. The average Bonchev–Trinajstić information content (AvgIpc) is 2.23. The van der Waals surface area contributed by atoms with Gasteiger partial charge in [-0.1, -0.05) is 22.0 Å². The van der Waals surface area contributed by atoms with Gasteiger partial charge in [0.2, 0.25) is 0 Å². The van der Waals surface area contributed by atoms with E-state index >= 15 is 0 Å². The SMILES string of the molecule is COc1cccc2c1C(=O)C(Br)CS2. The largest absolute Gasteiger partial charge is 0.496 e. The van der Waals surface area contributed by atoms with Crippen molar-refractivity contribution in [3.05, 3.63) is 23.8 Å². The minimum atomic E-state index is -0.0868. The molecule has 1 atom stereocenters. The quantitative estimate of drug-likeness (QED) is 0.736. The van der Waals surface area contributed by atoms with Crippen LogP contribution >= 0.6 is 27.7 Å². The molecule has 1 aromatic rings. The number of thioether (sulfide) groups is 1. The van der Waals surface area contributed by atoms with E-state index in [9.17, 15) is 4.79 Å². The highest BCUT2D eigenvalue weighted by Gasteiger charge is 2.28. The summed E-state index contributed by atoms with van der Waals surface area (Å²) >= 11 is 5.04. The molecule has 0 N–H and O–H groups in total. The van der Waals surface area contributed by atoms with Gasteiger partial charge in [0.25, 0.3) is 0 Å². The summed E-state index contributed by atoms with van der Waals surface area (Å²) in [6, 6.07) is 5.69. The molecule has 0 aromatic heterocycles. The lowest BCUT2D eigenvalue weighted by molar-refractivity contribution is 0.0989. The van der Waals surface area contributed by atoms with E-state index in [1.807, 2.05) is 18.2 Å². The molecule has 14 heavy (non-hydrogen) atoms. The first-order chi connectivity index (χ1) is 6.74. The number of Topliss-reactive ketones (excluding diaryl/α,β-unsaturated/α-hetero) is 1. The Morgan fingerprint density at radius 2 is 2.36 bits per heavy atom. The van der Waals surface area contributed by atoms with E-state index in [-0.39, 0.29) is 10.6 Å². The number of alkyl halides is 1. The Bertz CT molecular complexity index is 364. The minimum absolute atomic E-state index is 0.0868. The summed E-state index contributed by atoms with van der Waals surface area (Å²) < 4.78 is 5.18. The number of halogens is 1. The molecule has 2 nitrogen and oxygen atoms in total. The summed E-state index contributed by atoms with van der Waals surface area (Å²) in [7, 11) is 1.59. The third kappa shape index (κ3) is 1.57. The van der Waals surface area contributed by atoms with E-state index in [2.05, 4.69) is 15.9 Å². The smallest absolute Gasteiger partial charge is 0.182 e. The number of fused-ring (bicyclic) bond motifs is 1. The second-order valence-electron chi connectivity index (χ2n) is 2.98. The van der Waals surface area contributed by atoms with E-state index < -0.39 is 0 Å². The molecule has 0 saturated heterocycles. The molecule has 2 rings (SSSR count). The number of benzene rings is 1. The molecule has 0 fully saturated rings. The van der Waals surface area contributed by atoms with Gasteiger partial charge < -0.3 is 4.74 Å². The fraction of sp³-hybridized carbons (Fsp3) is 0.300. The first-order valence-corrected chi connectivity index (χ1v) is 6.12. The van der Waals surface area contributed by atoms with Crippen molar-refractivity contribution in [1.29, 1.82) is 0 Å². The summed E-state index contributed by atoms with van der Waals surface area (Å²) in [6.07, 6.45) is 0. The maximum Gasteiger partial charge on any atom is 0.182 e. The fourth-order valence-electron chi connectivity index (χ4n) is 1.44. The molecule has 0 saturated carbocycles. The Labute approximate surface area is 95.2 Å². The van der Waals surface area contributed by atoms with Crippen LogP contribution in [0.25, 0.3) is 0 Å². The van der Waals surface area contributed by atoms with Gasteiger partial charge in [-0.15, -0.1) is 11.8 Å². The van der Waals surface area contributed by atoms with Crippen molar-refractivity contribution in [1.82, 2.24) is 0 Å². The predicted molar refractivity (Wildman–Crippen MR) is 60.8 cm³/mol. The highest BCUT2D eigenvalue weighted by atomic mass is 79.9. The monoisotopic (exact) mass is 272 g/mol. The van der Waals surface area contributed by atoms with E-state index in [4.69, 9.17) is 4.74 Å². The molecule has 1 heterocycles. The lowest BCUT2D eigenvalue weighted by Crippen LogP contribution is -2.22. The van der Waals surface area contributed by atoms with Crippen molar-refractivity contribution in [2.75, 3.05) is 12.9 Å². The molecule has 0 spiro atoms. The Morgan fingerprint density at radius 1 is 1.57 bits per heavy atom. The van der Waals surface area contributed by atoms with E-state index in [0.717, 1.165) is 10.6 Å². The van der Waals surface area contributed by atoms with Crippen LogP contribution in [0.1, 0.15) is 10.4 Å². The van der Waals surface area contributed by atoms with Crippen molar-refractivity contribution >= 4 is 33.5 Å². The lowest BCUT2D eigenvalue weighted by Gasteiger charge is -2.20. The molecule has 1 aromatic carbocycles. The van der Waals surface area contributed by atoms with Gasteiger partial charge in [0.05, 0.1) is 17.5 Å². The highest BCUT2D eigenvalue weighted by Crippen LogP contribution is 2.37. The van der Waals surface area contributed by atoms with Gasteiger partial charge in [-0.05, 0) is 12.1 Å². The molecule has 1 aliphatic rings. The van der Waals surface area contributed by atoms with Gasteiger partial charge in [0.15, 0.2) is 5.78 Å². The molecule has 0 radical (unpaired) electrons. The summed E-state index contributed by atoms with van der Waals surface area (Å²) in [6.45, 7) is 0. The summed E-state index contributed by atoms with van der Waals surface area (Å²) in [5.74, 6) is 1.58. The molecule has 0 bridgehead atoms. The van der Waals surface area contributed by atoms with E-state index in [1.54, 1.807) is 18.9 Å². The van der Waals surface area contributed by atoms with Crippen LogP contribution in [-0.4, -0.2) is 23.5 Å². The van der Waals surface area contributed by atoms with Gasteiger partial charge in [-0.3, -0.25) is 4.79 Å². The molecule has 74 valence electrons. The first-order valence-electron chi connectivity index (χ1n) is 4.22. The Hall–Kier alpha value is -0.480. The Balaban J connectivity index is 2.55. The number of methoxy groups -OCH3 is 1. The topological polar surface area (TPSA) is 26.3 Å². The Kier molecular flexibility index (Phi) is 2.83. The zero-order valence-electron chi connectivity index (χ0n) is 7.62. The molecule has 0 amide bonds. The highest BCUT2D eigenvalue weighted by molar-refractivity contribution is 9.10. The fourth-order valence-corrected chi connectivity index (χ4v) is 3.06. The van der Waals surface area contributed by atoms with Gasteiger partial charge in [-0.25, -0.2) is 0 Å². The number of hydrogen-bond donors (Lipinski definition) is 0. The van der Waals surface area contributed by atoms with Gasteiger partial charge in [0, 0.05) is 10.6 Å². The average molecular weight is 273 g/mol. The van der Waals surface area contributed by atoms with Crippen LogP contribution in [0.15, 0.2) is 23.1 Å². The van der Waals surface area contributed by atoms with Gasteiger partial charge in [0.1, 0.15) is 5.75 Å². The van der Waals surface area contributed by atoms with Crippen molar-refractivity contribution in [2.24, 2.45) is 0 Å². The number of ether oxygens (including phenoxy) is 1. The number of hydrogen-bond acceptors (Lipinski definition) is 3. The van der Waals surface area contributed by atoms with Crippen LogP contribution in [0.4, 0.5) is 0 Å². The molecule has 1 aliphatic heterocycles. The molecule has 4 heteroatoms. The zero-order valence-corrected chi connectivity index (χ0v) is 10.0. The second-order valence-corrected chi connectivity index (χ2v) is 5.14. The molecular weight excluding hydrogens is 264 g/mol. The summed E-state index contributed by atoms with van der Waals surface area (Å²) in [5.41, 5.74) is 0.716. The third-order valence-electron chi connectivity index (χ3n) is 2.12. The number of carbonyl (C=O) groups is 1. The summed E-state index contributed by atoms with van der Waals surface area (Å²) in [5, 5.41) is 0. The van der Waals surface area contributed by atoms with Crippen LogP contribution in [0.2, 0.25) is 0 Å². The van der Waals surface area contributed by atoms with Crippen molar-refractivity contribution in [2.45, 2.75) is 9.72 Å². The zero-order chi connectivity index (χ0) is 10.1. The predicted octanol–water partition coefficient (Wildman–Crippen LogP) is 2.75. The molecular formula is C10H9BrO2S. The molecule has 1 unspecified atom stereocenters. The van der Waals surface area contributed by atoms with Gasteiger partial charge in [-0.2, -0.15) is 0 Å². The van der Waals surface area contributed by atoms with Crippen LogP contribution in [0.3, 0.4) is 0 Å². The van der Waals surface area contributed by atoms with E-state index in [0.29, 0.717) is 11.3 Å². The minimum Gasteiger partial charge on any atom is -0.496 e. The lowest BCUT2D eigenvalue weighted by atomic mass is 10.1. The van der Waals surface area contributed by atoms with Crippen molar-refractivity contribution in [3.63, 3.8) is 0 Å². The maximum absolute atomic E-state index is 11.9. The van der Waals surface area contributed by atoms with E-state index in [1.165, 1.54) is 0 Å². The normalized spacial score (nSPS) is 20.4. The van der Waals surface area contributed by atoms with Crippen LogP contribution < -0.4 is 4.74 Å². The standard InChI is InChI=1S/C10H9BrO2S/c1-13-7-3-2-4-8-9(7)10(12)6(11)5-14-8/h2-4,6H,5H2,1H3. The van der Waals surface area contributed by atoms with Crippen molar-refractivity contribution < 1.29 is 9.53 Å². The van der Waals surface area contributed by atoms with Crippen LogP contribution in [-0.2, 0) is 0 Å². The number of ketones is 1. The van der Waals surface area contributed by atoms with Crippen LogP contribution in [0.5, 0.6) is 5.75 Å². The van der Waals surface area contributed by atoms with Crippen LogP contribution in [0, 0.1) is 0 Å². The second kappa shape index (κ2) is 3.95. The van der Waals surface area contributed by atoms with Crippen molar-refractivity contribution in [3.8, 4) is 5.75 Å². The number of carbonyl (C=O) groups excluding carboxylic acids is 1.